The molecule has 2 aromatic rings. The molecule has 9 nitrogen and oxygen atoms in total. The van der Waals surface area contributed by atoms with Gasteiger partial charge in [0, 0.05) is 18.0 Å². The summed E-state index contributed by atoms with van der Waals surface area (Å²) in [5.41, 5.74) is 12.5. The molecule has 0 aliphatic rings. The first kappa shape index (κ1) is 29.3. The molecular weight excluding hydrogens is 482 g/mol. The number of sulfonamides is 1. The van der Waals surface area contributed by atoms with E-state index in [0.717, 1.165) is 5.56 Å². The molecule has 0 heterocycles. The highest BCUT2D eigenvalue weighted by atomic mass is 32.2. The first-order valence-corrected chi connectivity index (χ1v) is 13.5. The lowest BCUT2D eigenvalue weighted by Crippen LogP contribution is -2.66. The van der Waals surface area contributed by atoms with Crippen LogP contribution >= 0.6 is 0 Å². The molecule has 5 N–H and O–H groups in total. The van der Waals surface area contributed by atoms with E-state index in [0.29, 0.717) is 30.8 Å². The number of aryl methyl sites for hydroxylation is 1. The second-order valence-corrected chi connectivity index (χ2v) is 11.4. The SMILES string of the molecule is COc1cccc(CCC(=O)[N+](CC(C)C)([C@@H](CCCCN)C(=O)O)S(=O)(=O)c2ccc(N)cc2)c1. The standard InChI is InChI=1S/C26H37N3O6S/c1-19(2)18-29(24(26(31)32)9-4-5-16-27,36(33,34)23-13-11-21(28)12-14-23)25(30)15-10-20-7-6-8-22(17-20)35-3/h6-8,11-14,17,19,24H,4-5,9-10,15-16,18,27-28H2,1-3H3/p+1/t24-,29?/m0/s1. The third kappa shape index (κ3) is 6.63. The number of aliphatic carboxylic acids is 1. The van der Waals surface area contributed by atoms with Crippen LogP contribution in [0.15, 0.2) is 53.4 Å². The molecule has 2 rings (SSSR count). The minimum atomic E-state index is -4.48. The summed E-state index contributed by atoms with van der Waals surface area (Å²) >= 11 is 0. The zero-order valence-electron chi connectivity index (χ0n) is 21.2. The summed E-state index contributed by atoms with van der Waals surface area (Å²) in [7, 11) is -2.94. The highest BCUT2D eigenvalue weighted by Gasteiger charge is 2.58. The van der Waals surface area contributed by atoms with E-state index in [-0.39, 0.29) is 36.6 Å². The number of benzene rings is 2. The van der Waals surface area contributed by atoms with E-state index < -0.39 is 31.8 Å². The number of nitrogens with zero attached hydrogens (tertiary/aromatic N) is 1. The van der Waals surface area contributed by atoms with Crippen LogP contribution in [0.3, 0.4) is 0 Å². The predicted molar refractivity (Wildman–Crippen MR) is 139 cm³/mol. The number of ether oxygens (including phenoxy) is 1. The number of carboxylic acids is 1. The molecule has 1 unspecified atom stereocenters. The van der Waals surface area contributed by atoms with Crippen molar-refractivity contribution < 1.29 is 31.7 Å². The van der Waals surface area contributed by atoms with Gasteiger partial charge < -0.3 is 21.3 Å². The molecule has 36 heavy (non-hydrogen) atoms. The average Bonchev–Trinajstić information content (AvgIpc) is 2.84. The minimum absolute atomic E-state index is 0.00163. The van der Waals surface area contributed by atoms with Crippen LogP contribution in [0, 0.1) is 5.92 Å². The smallest absolute Gasteiger partial charge is 0.364 e. The Hall–Kier alpha value is -2.95. The molecule has 0 aliphatic carbocycles. The normalized spacial score (nSPS) is 14.2. The van der Waals surface area contributed by atoms with Crippen LogP contribution in [0.2, 0.25) is 0 Å². The number of quaternary nitrogens is 1. The summed E-state index contributed by atoms with van der Waals surface area (Å²) in [6, 6.07) is 11.2. The van der Waals surface area contributed by atoms with Gasteiger partial charge in [0.05, 0.1) is 13.5 Å². The van der Waals surface area contributed by atoms with E-state index in [9.17, 15) is 23.1 Å². The van der Waals surface area contributed by atoms with E-state index in [1.54, 1.807) is 32.0 Å². The number of unbranched alkanes of at least 4 members (excludes halogenated alkanes) is 1. The maximum absolute atomic E-state index is 14.2. The number of rotatable bonds is 14. The minimum Gasteiger partial charge on any atom is -0.497 e. The Morgan fingerprint density at radius 2 is 1.75 bits per heavy atom. The molecule has 0 saturated heterocycles. The maximum atomic E-state index is 14.2. The van der Waals surface area contributed by atoms with Gasteiger partial charge in [-0.25, -0.2) is 9.59 Å². The fourth-order valence-corrected chi connectivity index (χ4v) is 6.67. The summed E-state index contributed by atoms with van der Waals surface area (Å²) in [5, 5.41) is 10.3. The van der Waals surface area contributed by atoms with E-state index in [1.807, 2.05) is 6.07 Å². The lowest BCUT2D eigenvalue weighted by Gasteiger charge is -2.40. The largest absolute Gasteiger partial charge is 0.497 e. The summed E-state index contributed by atoms with van der Waals surface area (Å²) in [6.07, 6.45) is 0.977. The quantitative estimate of drug-likeness (QED) is 0.195. The van der Waals surface area contributed by atoms with Gasteiger partial charge in [-0.15, -0.1) is 3.89 Å². The third-order valence-electron chi connectivity index (χ3n) is 6.15. The number of anilines is 1. The number of nitrogens with two attached hydrogens (primary N) is 2. The van der Waals surface area contributed by atoms with Crippen LogP contribution in [0.4, 0.5) is 5.69 Å². The highest BCUT2D eigenvalue weighted by molar-refractivity contribution is 7.86. The van der Waals surface area contributed by atoms with Crippen molar-refractivity contribution in [1.82, 2.24) is 0 Å². The zero-order valence-corrected chi connectivity index (χ0v) is 22.0. The summed E-state index contributed by atoms with van der Waals surface area (Å²) in [4.78, 5) is 26.5. The molecule has 0 fully saturated rings. The third-order valence-corrected chi connectivity index (χ3v) is 8.48. The Bertz CT molecular complexity index is 1130. The number of hydrogen-bond donors (Lipinski definition) is 3. The van der Waals surface area contributed by atoms with Crippen molar-refractivity contribution in [2.45, 2.75) is 56.9 Å². The Kier molecular flexibility index (Phi) is 10.4. The predicted octanol–water partition coefficient (Wildman–Crippen LogP) is 3.18. The number of nitrogen functional groups attached to an aromatic ring is 1. The molecular formula is C26H38N3O6S+. The van der Waals surface area contributed by atoms with Gasteiger partial charge in [-0.1, -0.05) is 26.0 Å². The van der Waals surface area contributed by atoms with Crippen LogP contribution in [0.5, 0.6) is 5.75 Å². The van der Waals surface area contributed by atoms with Gasteiger partial charge in [-0.2, -0.15) is 8.42 Å². The lowest BCUT2D eigenvalue weighted by molar-refractivity contribution is -0.753. The van der Waals surface area contributed by atoms with Crippen LogP contribution < -0.4 is 16.2 Å². The van der Waals surface area contributed by atoms with Crippen molar-refractivity contribution in [2.24, 2.45) is 11.7 Å². The molecule has 2 aromatic carbocycles. The van der Waals surface area contributed by atoms with E-state index in [2.05, 4.69) is 0 Å². The molecule has 2 atom stereocenters. The number of amides is 1. The van der Waals surface area contributed by atoms with Gasteiger partial charge in [0.25, 0.3) is 0 Å². The van der Waals surface area contributed by atoms with Crippen molar-refractivity contribution in [1.29, 1.82) is 0 Å². The van der Waals surface area contributed by atoms with Crippen molar-refractivity contribution in [3.8, 4) is 5.75 Å². The molecule has 1 amide bonds. The number of carbonyl (C=O) groups excluding carboxylic acids is 1. The van der Waals surface area contributed by atoms with Gasteiger partial charge in [0.15, 0.2) is 0 Å². The summed E-state index contributed by atoms with van der Waals surface area (Å²) in [6.45, 7) is 3.72. The molecule has 198 valence electrons. The average molecular weight is 521 g/mol. The van der Waals surface area contributed by atoms with E-state index >= 15 is 0 Å². The summed E-state index contributed by atoms with van der Waals surface area (Å²) in [5.74, 6) is -1.67. The molecule has 0 saturated carbocycles. The van der Waals surface area contributed by atoms with Gasteiger partial charge in [-0.3, -0.25) is 0 Å². The lowest BCUT2D eigenvalue weighted by atomic mass is 10.0. The van der Waals surface area contributed by atoms with Crippen molar-refractivity contribution in [2.75, 3.05) is 25.9 Å². The molecule has 0 aromatic heterocycles. The van der Waals surface area contributed by atoms with Crippen LogP contribution in [-0.2, 0) is 26.0 Å². The van der Waals surface area contributed by atoms with E-state index in [1.165, 1.54) is 31.4 Å². The van der Waals surface area contributed by atoms with Crippen molar-refractivity contribution in [3.63, 3.8) is 0 Å². The highest BCUT2D eigenvalue weighted by Crippen LogP contribution is 2.34. The maximum Gasteiger partial charge on any atom is 0.364 e. The first-order valence-electron chi connectivity index (χ1n) is 12.1. The number of carbonyl (C=O) groups is 2. The van der Waals surface area contributed by atoms with Gasteiger partial charge in [0.2, 0.25) is 6.04 Å². The van der Waals surface area contributed by atoms with Crippen LogP contribution in [-0.4, -0.2) is 55.5 Å². The Balaban J connectivity index is 2.66. The second kappa shape index (κ2) is 12.8. The van der Waals surface area contributed by atoms with Crippen LogP contribution in [0.25, 0.3) is 0 Å². The fourth-order valence-electron chi connectivity index (χ4n) is 4.43. The number of hydrogen-bond acceptors (Lipinski definition) is 7. The first-order chi connectivity index (χ1) is 17.0. The van der Waals surface area contributed by atoms with Gasteiger partial charge >= 0.3 is 21.9 Å². The molecule has 0 spiro atoms. The zero-order chi connectivity index (χ0) is 26.9. The molecule has 10 heteroatoms. The Labute approximate surface area is 213 Å². The van der Waals surface area contributed by atoms with Gasteiger partial charge in [0.1, 0.15) is 17.2 Å². The fraction of sp³-hybridized carbons (Fsp3) is 0.462. The van der Waals surface area contributed by atoms with Gasteiger partial charge in [-0.05, 0) is 67.8 Å². The molecule has 0 radical (unpaired) electrons. The van der Waals surface area contributed by atoms with Crippen LogP contribution in [0.1, 0.15) is 45.1 Å². The van der Waals surface area contributed by atoms with Crippen molar-refractivity contribution >= 4 is 27.6 Å². The van der Waals surface area contributed by atoms with E-state index in [4.69, 9.17) is 16.2 Å². The molecule has 0 aliphatic heterocycles. The Morgan fingerprint density at radius 3 is 2.31 bits per heavy atom. The number of carboxylic acid groups (broad SMARTS) is 1. The summed E-state index contributed by atoms with van der Waals surface area (Å²) < 4.78 is 32.5. The Morgan fingerprint density at radius 1 is 1.08 bits per heavy atom. The van der Waals surface area contributed by atoms with Crippen molar-refractivity contribution in [3.05, 3.63) is 54.1 Å². The topological polar surface area (TPSA) is 150 Å². The second-order valence-electron chi connectivity index (χ2n) is 9.30. The number of methoxy groups -OCH3 is 1. The molecule has 0 bridgehead atoms. The monoisotopic (exact) mass is 520 g/mol.